The molecule has 8 atom stereocenters. The Morgan fingerprint density at radius 2 is 0.842 bits per heavy atom. The van der Waals surface area contributed by atoms with Gasteiger partial charge in [-0.3, -0.25) is 47.9 Å². The van der Waals surface area contributed by atoms with Gasteiger partial charge < -0.3 is 74.6 Å². The minimum atomic E-state index is -1.88. The van der Waals surface area contributed by atoms with Gasteiger partial charge in [0.2, 0.25) is 47.3 Å². The minimum Gasteiger partial charge on any atom is -0.481 e. The second kappa shape index (κ2) is 26.0. The van der Waals surface area contributed by atoms with Crippen molar-refractivity contribution in [2.24, 2.45) is 23.1 Å². The van der Waals surface area contributed by atoms with Crippen molar-refractivity contribution in [1.29, 1.82) is 0 Å². The smallest absolute Gasteiger partial charge is 0.326 e. The maximum atomic E-state index is 13.7. The Bertz CT molecular complexity index is 1480. The van der Waals surface area contributed by atoms with Crippen LogP contribution in [-0.4, -0.2) is 146 Å². The molecule has 25 heteroatoms. The summed E-state index contributed by atoms with van der Waals surface area (Å²) in [6.07, 6.45) is -4.11. The number of rotatable bonds is 29. The standard InChI is InChI=1S/C32H53N9O16/c1-3-14(2)25(41-29(53)17(5-9-22(35)45)36-26(50)15(33)12-42)31(55)38-16(4-8-21(34)44)27(51)37-18(6-10-23(46)47)28(52)40-20(13-43)30(54)39-19(32(56)57)7-11-24(48)49/h14-20,25,42-43H,3-13,33H2,1-2H3,(H2,34,44)(H2,35,45)(H,36,50)(H,37,51)(H,38,55)(H,39,54)(H,40,52)(H,41,53)(H,46,47)(H,48,49)(H,56,57)/t14-,15-,16-,17-,18-,19-,20-,25-/m0/s1. The molecular weight excluding hydrogens is 766 g/mol. The normalized spacial score (nSPS) is 15.0. The fourth-order valence-electron chi connectivity index (χ4n) is 4.76. The van der Waals surface area contributed by atoms with Gasteiger partial charge in [0.25, 0.3) is 0 Å². The lowest BCUT2D eigenvalue weighted by Gasteiger charge is -2.29. The van der Waals surface area contributed by atoms with E-state index >= 15 is 0 Å². The van der Waals surface area contributed by atoms with Gasteiger partial charge in [-0.2, -0.15) is 0 Å². The van der Waals surface area contributed by atoms with Crippen molar-refractivity contribution >= 4 is 65.2 Å². The van der Waals surface area contributed by atoms with E-state index in [0.29, 0.717) is 0 Å². The van der Waals surface area contributed by atoms with E-state index in [0.717, 1.165) is 0 Å². The number of carboxylic acid groups (broad SMARTS) is 3. The van der Waals surface area contributed by atoms with Crippen molar-refractivity contribution in [3.63, 3.8) is 0 Å². The first-order valence-electron chi connectivity index (χ1n) is 17.6. The van der Waals surface area contributed by atoms with Crippen LogP contribution in [0.2, 0.25) is 0 Å². The zero-order chi connectivity index (χ0) is 44.0. The number of carboxylic acids is 3. The molecule has 0 rings (SSSR count). The lowest BCUT2D eigenvalue weighted by atomic mass is 9.96. The highest BCUT2D eigenvalue weighted by Gasteiger charge is 2.35. The van der Waals surface area contributed by atoms with Crippen LogP contribution in [0, 0.1) is 5.92 Å². The largest absolute Gasteiger partial charge is 0.481 e. The fourth-order valence-corrected chi connectivity index (χ4v) is 4.76. The van der Waals surface area contributed by atoms with Gasteiger partial charge in [-0.1, -0.05) is 20.3 Å². The van der Waals surface area contributed by atoms with Crippen LogP contribution in [0.25, 0.3) is 0 Å². The van der Waals surface area contributed by atoms with Crippen LogP contribution >= 0.6 is 0 Å². The number of carbonyl (C=O) groups is 11. The van der Waals surface area contributed by atoms with Gasteiger partial charge in [0, 0.05) is 25.7 Å². The molecule has 8 amide bonds. The zero-order valence-electron chi connectivity index (χ0n) is 31.4. The van der Waals surface area contributed by atoms with Crippen LogP contribution in [0.1, 0.15) is 71.6 Å². The number of aliphatic hydroxyl groups excluding tert-OH is 2. The Kier molecular flexibility index (Phi) is 23.3. The van der Waals surface area contributed by atoms with E-state index < -0.39 is 172 Å². The van der Waals surface area contributed by atoms with E-state index in [2.05, 4.69) is 21.3 Å². The number of amides is 8. The summed E-state index contributed by atoms with van der Waals surface area (Å²) >= 11 is 0. The highest BCUT2D eigenvalue weighted by molar-refractivity contribution is 5.97. The first kappa shape index (κ1) is 51.0. The Balaban J connectivity index is 6.40. The van der Waals surface area contributed by atoms with Gasteiger partial charge in [0.15, 0.2) is 0 Å². The summed E-state index contributed by atoms with van der Waals surface area (Å²) in [7, 11) is 0. The molecule has 0 aliphatic heterocycles. The second-order valence-corrected chi connectivity index (χ2v) is 12.9. The van der Waals surface area contributed by atoms with Crippen LogP contribution in [0.4, 0.5) is 0 Å². The topological polar surface area (TPSA) is 439 Å². The van der Waals surface area contributed by atoms with Gasteiger partial charge in [0.1, 0.15) is 42.3 Å². The number of aliphatic carboxylic acids is 3. The van der Waals surface area contributed by atoms with Gasteiger partial charge in [-0.25, -0.2) is 4.79 Å². The number of aliphatic hydroxyl groups is 2. The number of carbonyl (C=O) groups excluding carboxylic acids is 8. The van der Waals surface area contributed by atoms with Gasteiger partial charge in [-0.15, -0.1) is 0 Å². The van der Waals surface area contributed by atoms with Gasteiger partial charge in [-0.05, 0) is 31.6 Å². The lowest BCUT2D eigenvalue weighted by Crippen LogP contribution is -2.61. The van der Waals surface area contributed by atoms with E-state index in [-0.39, 0.29) is 12.8 Å². The van der Waals surface area contributed by atoms with E-state index in [1.165, 1.54) is 6.92 Å². The summed E-state index contributed by atoms with van der Waals surface area (Å²) in [6, 6.07) is -11.5. The second-order valence-electron chi connectivity index (χ2n) is 12.9. The van der Waals surface area contributed by atoms with E-state index in [1.807, 2.05) is 10.6 Å². The predicted molar refractivity (Wildman–Crippen MR) is 191 cm³/mol. The molecule has 0 heterocycles. The van der Waals surface area contributed by atoms with Crippen LogP contribution in [0.3, 0.4) is 0 Å². The molecule has 0 radical (unpaired) electrons. The molecule has 57 heavy (non-hydrogen) atoms. The minimum absolute atomic E-state index is 0.244. The monoisotopic (exact) mass is 819 g/mol. The van der Waals surface area contributed by atoms with E-state index in [4.69, 9.17) is 22.3 Å². The van der Waals surface area contributed by atoms with Gasteiger partial charge in [0.05, 0.1) is 13.2 Å². The number of hydrogen-bond acceptors (Lipinski definition) is 14. The Labute approximate surface area is 325 Å². The summed E-state index contributed by atoms with van der Waals surface area (Å²) in [5.74, 6) is -13.6. The average Bonchev–Trinajstić information content (AvgIpc) is 3.14. The number of primary amides is 2. The average molecular weight is 820 g/mol. The van der Waals surface area contributed by atoms with Crippen LogP contribution in [-0.2, 0) is 52.7 Å². The molecule has 0 unspecified atom stereocenters. The van der Waals surface area contributed by atoms with E-state index in [1.54, 1.807) is 6.92 Å². The molecule has 0 fully saturated rings. The Hall–Kier alpha value is -5.95. The summed E-state index contributed by atoms with van der Waals surface area (Å²) in [4.78, 5) is 136. The van der Waals surface area contributed by atoms with Crippen LogP contribution in [0.15, 0.2) is 0 Å². The highest BCUT2D eigenvalue weighted by Crippen LogP contribution is 2.12. The molecule has 322 valence electrons. The predicted octanol–water partition coefficient (Wildman–Crippen LogP) is -6.40. The molecule has 0 aromatic rings. The maximum absolute atomic E-state index is 13.7. The summed E-state index contributed by atoms with van der Waals surface area (Å²) in [5.41, 5.74) is 15.9. The SMILES string of the molecule is CC[C@H](C)[C@H](NC(=O)[C@H](CCC(N)=O)NC(=O)[C@@H](N)CO)C(=O)N[C@@H](CCC(N)=O)C(=O)N[C@@H](CCC(=O)O)C(=O)N[C@@H](CO)C(=O)N[C@@H](CCC(=O)O)C(=O)O. The Morgan fingerprint density at radius 3 is 1.23 bits per heavy atom. The van der Waals surface area contributed by atoms with Crippen molar-refractivity contribution in [1.82, 2.24) is 31.9 Å². The van der Waals surface area contributed by atoms with Crippen LogP contribution < -0.4 is 49.1 Å². The van der Waals surface area contributed by atoms with Crippen molar-refractivity contribution < 1.29 is 78.3 Å². The summed E-state index contributed by atoms with van der Waals surface area (Å²) < 4.78 is 0. The molecule has 0 aromatic heterocycles. The molecular formula is C32H53N9O16. The molecule has 0 aliphatic carbocycles. The van der Waals surface area contributed by atoms with Crippen molar-refractivity contribution in [2.75, 3.05) is 13.2 Å². The first-order chi connectivity index (χ1) is 26.6. The molecule has 0 aliphatic rings. The maximum Gasteiger partial charge on any atom is 0.326 e. The van der Waals surface area contributed by atoms with Gasteiger partial charge >= 0.3 is 17.9 Å². The number of hydrogen-bond donors (Lipinski definition) is 14. The molecule has 0 saturated carbocycles. The summed E-state index contributed by atoms with van der Waals surface area (Å²) in [5, 5.41) is 59.7. The third-order valence-electron chi connectivity index (χ3n) is 8.31. The third-order valence-corrected chi connectivity index (χ3v) is 8.31. The molecule has 25 nitrogen and oxygen atoms in total. The van der Waals surface area contributed by atoms with Crippen LogP contribution in [0.5, 0.6) is 0 Å². The summed E-state index contributed by atoms with van der Waals surface area (Å²) in [6.45, 7) is 1.25. The molecule has 0 saturated heterocycles. The third kappa shape index (κ3) is 20.0. The highest BCUT2D eigenvalue weighted by atomic mass is 16.4. The Morgan fingerprint density at radius 1 is 0.491 bits per heavy atom. The number of nitrogens with one attached hydrogen (secondary N) is 6. The first-order valence-corrected chi connectivity index (χ1v) is 17.6. The molecule has 17 N–H and O–H groups in total. The van der Waals surface area contributed by atoms with Crippen molar-refractivity contribution in [2.45, 2.75) is 114 Å². The molecule has 0 spiro atoms. The molecule has 0 bridgehead atoms. The fraction of sp³-hybridized carbons (Fsp3) is 0.656. The molecule has 0 aromatic carbocycles. The van der Waals surface area contributed by atoms with Crippen molar-refractivity contribution in [3.05, 3.63) is 0 Å². The van der Waals surface area contributed by atoms with E-state index in [9.17, 15) is 73.2 Å². The zero-order valence-corrected chi connectivity index (χ0v) is 31.4. The quantitative estimate of drug-likeness (QED) is 0.0334. The van der Waals surface area contributed by atoms with Crippen molar-refractivity contribution in [3.8, 4) is 0 Å². The number of nitrogens with two attached hydrogens (primary N) is 3. The lowest BCUT2D eigenvalue weighted by molar-refractivity contribution is -0.143.